The van der Waals surface area contributed by atoms with Gasteiger partial charge in [-0.05, 0) is 12.1 Å². The molecule has 0 saturated heterocycles. The van der Waals surface area contributed by atoms with Gasteiger partial charge < -0.3 is 14.2 Å². The molecule has 0 bridgehead atoms. The predicted molar refractivity (Wildman–Crippen MR) is 64.4 cm³/mol. The van der Waals surface area contributed by atoms with Gasteiger partial charge in [0, 0.05) is 7.11 Å². The summed E-state index contributed by atoms with van der Waals surface area (Å²) >= 11 is 0. The molecule has 0 unspecified atom stereocenters. The summed E-state index contributed by atoms with van der Waals surface area (Å²) < 4.78 is 65.5. The lowest BCUT2D eigenvalue weighted by Crippen LogP contribution is -2.16. The standard InChI is InChI=1S/C13H14F4O4/c1-19-5-6-20-7-8-21-12(18)9-3-2-4-10(11(9)14)13(15,16)17/h2-4H,5-8H2,1H3. The second-order valence-corrected chi connectivity index (χ2v) is 3.91. The van der Waals surface area contributed by atoms with Crippen molar-refractivity contribution >= 4 is 5.97 Å². The molecule has 0 radical (unpaired) electrons. The Morgan fingerprint density at radius 3 is 2.43 bits per heavy atom. The van der Waals surface area contributed by atoms with Crippen molar-refractivity contribution in [1.29, 1.82) is 0 Å². The topological polar surface area (TPSA) is 44.8 Å². The fraction of sp³-hybridized carbons (Fsp3) is 0.462. The van der Waals surface area contributed by atoms with E-state index in [2.05, 4.69) is 4.74 Å². The molecule has 0 spiro atoms. The van der Waals surface area contributed by atoms with Crippen LogP contribution in [0, 0.1) is 5.82 Å². The smallest absolute Gasteiger partial charge is 0.419 e. The van der Waals surface area contributed by atoms with E-state index in [-0.39, 0.29) is 19.8 Å². The van der Waals surface area contributed by atoms with Crippen LogP contribution in [0.4, 0.5) is 17.6 Å². The molecule has 21 heavy (non-hydrogen) atoms. The van der Waals surface area contributed by atoms with E-state index in [9.17, 15) is 22.4 Å². The van der Waals surface area contributed by atoms with Crippen LogP contribution in [0.5, 0.6) is 0 Å². The van der Waals surface area contributed by atoms with Crippen LogP contribution in [-0.2, 0) is 20.4 Å². The summed E-state index contributed by atoms with van der Waals surface area (Å²) in [5, 5.41) is 0. The summed E-state index contributed by atoms with van der Waals surface area (Å²) in [6, 6.07) is 2.43. The number of ether oxygens (including phenoxy) is 3. The van der Waals surface area contributed by atoms with Crippen molar-refractivity contribution < 1.29 is 36.6 Å². The molecule has 1 aromatic rings. The summed E-state index contributed by atoms with van der Waals surface area (Å²) in [6.07, 6.45) is -4.87. The number of alkyl halides is 3. The molecule has 0 fully saturated rings. The van der Waals surface area contributed by atoms with Crippen molar-refractivity contribution in [3.63, 3.8) is 0 Å². The van der Waals surface area contributed by atoms with E-state index in [0.29, 0.717) is 12.7 Å². The molecular weight excluding hydrogens is 296 g/mol. The Morgan fingerprint density at radius 1 is 1.14 bits per heavy atom. The van der Waals surface area contributed by atoms with Gasteiger partial charge in [0.25, 0.3) is 0 Å². The van der Waals surface area contributed by atoms with E-state index in [0.717, 1.165) is 12.1 Å². The molecule has 1 aromatic carbocycles. The number of esters is 1. The Hall–Kier alpha value is -1.67. The van der Waals surface area contributed by atoms with Crippen molar-refractivity contribution in [1.82, 2.24) is 0 Å². The number of methoxy groups -OCH3 is 1. The van der Waals surface area contributed by atoms with Gasteiger partial charge in [-0.3, -0.25) is 0 Å². The highest BCUT2D eigenvalue weighted by molar-refractivity contribution is 5.90. The Balaban J connectivity index is 2.59. The maximum Gasteiger partial charge on any atom is 0.419 e. The Kier molecular flexibility index (Phi) is 6.57. The van der Waals surface area contributed by atoms with E-state index >= 15 is 0 Å². The third-order valence-corrected chi connectivity index (χ3v) is 2.42. The van der Waals surface area contributed by atoms with Gasteiger partial charge in [0.2, 0.25) is 0 Å². The Bertz CT molecular complexity index is 474. The second kappa shape index (κ2) is 7.94. The zero-order valence-corrected chi connectivity index (χ0v) is 11.2. The molecule has 0 aliphatic heterocycles. The predicted octanol–water partition coefficient (Wildman–Crippen LogP) is 2.66. The molecular formula is C13H14F4O4. The lowest BCUT2D eigenvalue weighted by molar-refractivity contribution is -0.140. The zero-order valence-electron chi connectivity index (χ0n) is 11.2. The summed E-state index contributed by atoms with van der Waals surface area (Å²) in [5.74, 6) is -2.82. The van der Waals surface area contributed by atoms with Gasteiger partial charge in [0.05, 0.1) is 30.9 Å². The van der Waals surface area contributed by atoms with E-state index in [1.807, 2.05) is 0 Å². The minimum absolute atomic E-state index is 0.0374. The van der Waals surface area contributed by atoms with Crippen molar-refractivity contribution in [3.05, 3.63) is 35.1 Å². The monoisotopic (exact) mass is 310 g/mol. The number of hydrogen-bond acceptors (Lipinski definition) is 4. The highest BCUT2D eigenvalue weighted by Crippen LogP contribution is 2.32. The molecule has 0 heterocycles. The quantitative estimate of drug-likeness (QED) is 0.441. The molecule has 0 amide bonds. The lowest BCUT2D eigenvalue weighted by atomic mass is 10.1. The first-order valence-electron chi connectivity index (χ1n) is 5.97. The maximum absolute atomic E-state index is 13.6. The first-order valence-corrected chi connectivity index (χ1v) is 5.97. The fourth-order valence-corrected chi connectivity index (χ4v) is 1.42. The van der Waals surface area contributed by atoms with Crippen LogP contribution in [0.25, 0.3) is 0 Å². The van der Waals surface area contributed by atoms with Gasteiger partial charge >= 0.3 is 12.1 Å². The molecule has 0 N–H and O–H groups in total. The minimum atomic E-state index is -4.87. The van der Waals surface area contributed by atoms with Crippen molar-refractivity contribution in [2.24, 2.45) is 0 Å². The molecule has 118 valence electrons. The second-order valence-electron chi connectivity index (χ2n) is 3.91. The molecule has 8 heteroatoms. The van der Waals surface area contributed by atoms with E-state index in [1.165, 1.54) is 7.11 Å². The first-order chi connectivity index (χ1) is 9.88. The largest absolute Gasteiger partial charge is 0.460 e. The van der Waals surface area contributed by atoms with Crippen LogP contribution in [0.15, 0.2) is 18.2 Å². The normalized spacial score (nSPS) is 11.5. The zero-order chi connectivity index (χ0) is 15.9. The summed E-state index contributed by atoms with van der Waals surface area (Å²) in [5.41, 5.74) is -2.27. The van der Waals surface area contributed by atoms with Gasteiger partial charge in [-0.25, -0.2) is 9.18 Å². The molecule has 0 aliphatic rings. The summed E-state index contributed by atoms with van der Waals surface area (Å²) in [7, 11) is 1.49. The Labute approximate surface area is 118 Å². The molecule has 0 saturated carbocycles. The minimum Gasteiger partial charge on any atom is -0.460 e. The summed E-state index contributed by atoms with van der Waals surface area (Å²) in [4.78, 5) is 11.5. The molecule has 0 aromatic heterocycles. The highest BCUT2D eigenvalue weighted by atomic mass is 19.4. The molecule has 1 rings (SSSR count). The van der Waals surface area contributed by atoms with Gasteiger partial charge in [-0.2, -0.15) is 13.2 Å². The average Bonchev–Trinajstić information content (AvgIpc) is 2.41. The van der Waals surface area contributed by atoms with E-state index in [1.54, 1.807) is 0 Å². The fourth-order valence-electron chi connectivity index (χ4n) is 1.42. The van der Waals surface area contributed by atoms with Crippen LogP contribution in [0.3, 0.4) is 0 Å². The molecule has 0 aliphatic carbocycles. The van der Waals surface area contributed by atoms with Crippen LogP contribution < -0.4 is 0 Å². The van der Waals surface area contributed by atoms with Crippen LogP contribution in [0.2, 0.25) is 0 Å². The van der Waals surface area contributed by atoms with E-state index < -0.39 is 29.1 Å². The SMILES string of the molecule is COCCOCCOC(=O)c1cccc(C(F)(F)F)c1F. The number of rotatable bonds is 7. The maximum atomic E-state index is 13.6. The van der Waals surface area contributed by atoms with Gasteiger partial charge in [-0.15, -0.1) is 0 Å². The van der Waals surface area contributed by atoms with Crippen molar-refractivity contribution in [2.75, 3.05) is 33.5 Å². The van der Waals surface area contributed by atoms with Gasteiger partial charge in [0.1, 0.15) is 12.4 Å². The highest BCUT2D eigenvalue weighted by Gasteiger charge is 2.35. The van der Waals surface area contributed by atoms with Gasteiger partial charge in [-0.1, -0.05) is 6.07 Å². The van der Waals surface area contributed by atoms with Crippen molar-refractivity contribution in [3.8, 4) is 0 Å². The molecule has 0 atom stereocenters. The van der Waals surface area contributed by atoms with Crippen LogP contribution in [-0.4, -0.2) is 39.5 Å². The van der Waals surface area contributed by atoms with E-state index in [4.69, 9.17) is 9.47 Å². The lowest BCUT2D eigenvalue weighted by Gasteiger charge is -2.11. The number of halogens is 4. The summed E-state index contributed by atoms with van der Waals surface area (Å²) in [6.45, 7) is 0.482. The average molecular weight is 310 g/mol. The van der Waals surface area contributed by atoms with Crippen molar-refractivity contribution in [2.45, 2.75) is 6.18 Å². The van der Waals surface area contributed by atoms with Crippen LogP contribution in [0.1, 0.15) is 15.9 Å². The van der Waals surface area contributed by atoms with Gasteiger partial charge in [0.15, 0.2) is 0 Å². The number of carbonyl (C=O) groups excluding carboxylic acids is 1. The number of benzene rings is 1. The first kappa shape index (κ1) is 17.4. The third kappa shape index (κ3) is 5.31. The number of carbonyl (C=O) groups is 1. The molecule has 4 nitrogen and oxygen atoms in total. The number of hydrogen-bond donors (Lipinski definition) is 0. The third-order valence-electron chi connectivity index (χ3n) is 2.42. The van der Waals surface area contributed by atoms with Crippen LogP contribution >= 0.6 is 0 Å². The Morgan fingerprint density at radius 2 is 1.81 bits per heavy atom.